The molecule has 114 valence electrons. The van der Waals surface area contributed by atoms with E-state index in [1.54, 1.807) is 29.3 Å². The van der Waals surface area contributed by atoms with Crippen molar-refractivity contribution in [2.24, 2.45) is 5.10 Å². The van der Waals surface area contributed by atoms with Crippen molar-refractivity contribution in [2.45, 2.75) is 30.6 Å². The van der Waals surface area contributed by atoms with Crippen molar-refractivity contribution >= 4 is 35.2 Å². The minimum absolute atomic E-state index is 0.114. The van der Waals surface area contributed by atoms with Crippen LogP contribution in [0.3, 0.4) is 0 Å². The molecule has 0 bridgehead atoms. The molecule has 3 rings (SSSR count). The van der Waals surface area contributed by atoms with Gasteiger partial charge in [0.2, 0.25) is 0 Å². The van der Waals surface area contributed by atoms with Crippen LogP contribution in [0.4, 0.5) is 0 Å². The van der Waals surface area contributed by atoms with E-state index < -0.39 is 0 Å². The SMILES string of the molecule is CSc1ccc(C=NNC(=O)c2cc3c(s2)CCCC3)cc1. The van der Waals surface area contributed by atoms with E-state index in [0.29, 0.717) is 0 Å². The number of thioether (sulfide) groups is 1. The third kappa shape index (κ3) is 3.59. The van der Waals surface area contributed by atoms with E-state index in [1.165, 1.54) is 28.2 Å². The van der Waals surface area contributed by atoms with Gasteiger partial charge in [0.25, 0.3) is 5.91 Å². The first-order chi connectivity index (χ1) is 10.8. The number of nitrogens with zero attached hydrogens (tertiary/aromatic N) is 1. The first-order valence-corrected chi connectivity index (χ1v) is 9.39. The summed E-state index contributed by atoms with van der Waals surface area (Å²) < 4.78 is 0. The molecule has 0 unspecified atom stereocenters. The van der Waals surface area contributed by atoms with Crippen LogP contribution in [0, 0.1) is 0 Å². The topological polar surface area (TPSA) is 41.5 Å². The average molecular weight is 330 g/mol. The first kappa shape index (κ1) is 15.3. The molecule has 1 aliphatic carbocycles. The summed E-state index contributed by atoms with van der Waals surface area (Å²) in [7, 11) is 0. The van der Waals surface area contributed by atoms with Crippen molar-refractivity contribution in [2.75, 3.05) is 6.26 Å². The number of fused-ring (bicyclic) bond motifs is 1. The molecule has 0 aliphatic heterocycles. The van der Waals surface area contributed by atoms with E-state index in [4.69, 9.17) is 0 Å². The van der Waals surface area contributed by atoms with Gasteiger partial charge in [-0.05, 0) is 61.3 Å². The largest absolute Gasteiger partial charge is 0.281 e. The molecule has 22 heavy (non-hydrogen) atoms. The maximum absolute atomic E-state index is 12.1. The summed E-state index contributed by atoms with van der Waals surface area (Å²) in [5, 5.41) is 4.05. The molecule has 3 nitrogen and oxygen atoms in total. The molecule has 0 atom stereocenters. The van der Waals surface area contributed by atoms with Gasteiger partial charge in [-0.15, -0.1) is 23.1 Å². The quantitative estimate of drug-likeness (QED) is 0.521. The van der Waals surface area contributed by atoms with Gasteiger partial charge >= 0.3 is 0 Å². The van der Waals surface area contributed by atoms with Crippen molar-refractivity contribution in [3.63, 3.8) is 0 Å². The Bertz CT molecular complexity index is 666. The standard InChI is InChI=1S/C17H18N2OS2/c1-21-14-8-6-12(7-9-14)11-18-19-17(20)16-10-13-4-2-3-5-15(13)22-16/h6-11H,2-5H2,1H3,(H,19,20). The second-order valence-corrected chi connectivity index (χ2v) is 7.25. The van der Waals surface area contributed by atoms with Gasteiger partial charge in [0.15, 0.2) is 0 Å². The summed E-state index contributed by atoms with van der Waals surface area (Å²) in [5.74, 6) is -0.114. The summed E-state index contributed by atoms with van der Waals surface area (Å²) >= 11 is 3.31. The van der Waals surface area contributed by atoms with Gasteiger partial charge in [-0.2, -0.15) is 5.10 Å². The smallest absolute Gasteiger partial charge is 0.266 e. The minimum atomic E-state index is -0.114. The highest BCUT2D eigenvalue weighted by Crippen LogP contribution is 2.29. The van der Waals surface area contributed by atoms with E-state index in [-0.39, 0.29) is 5.91 Å². The maximum atomic E-state index is 12.1. The molecule has 1 heterocycles. The van der Waals surface area contributed by atoms with Crippen LogP contribution in [-0.2, 0) is 12.8 Å². The third-order valence-electron chi connectivity index (χ3n) is 3.72. The van der Waals surface area contributed by atoms with Crippen LogP contribution in [-0.4, -0.2) is 18.4 Å². The molecule has 1 amide bonds. The van der Waals surface area contributed by atoms with Crippen molar-refractivity contribution in [3.05, 3.63) is 51.2 Å². The molecule has 2 aromatic rings. The monoisotopic (exact) mass is 330 g/mol. The fourth-order valence-corrected chi connectivity index (χ4v) is 4.06. The Morgan fingerprint density at radius 2 is 2.05 bits per heavy atom. The molecule has 1 aromatic carbocycles. The van der Waals surface area contributed by atoms with Gasteiger partial charge in [-0.1, -0.05) is 12.1 Å². The zero-order chi connectivity index (χ0) is 15.4. The number of aryl methyl sites for hydroxylation is 2. The number of rotatable bonds is 4. The minimum Gasteiger partial charge on any atom is -0.266 e. The van der Waals surface area contributed by atoms with Crippen LogP contribution in [0.1, 0.15) is 38.5 Å². The summed E-state index contributed by atoms with van der Waals surface area (Å²) in [6.45, 7) is 0. The number of hydrazone groups is 1. The Hall–Kier alpha value is -1.59. The molecular weight excluding hydrogens is 312 g/mol. The van der Waals surface area contributed by atoms with Gasteiger partial charge < -0.3 is 0 Å². The van der Waals surface area contributed by atoms with Crippen LogP contribution in [0.2, 0.25) is 0 Å². The Labute approximate surface area is 138 Å². The predicted molar refractivity (Wildman–Crippen MR) is 94.2 cm³/mol. The molecular formula is C17H18N2OS2. The van der Waals surface area contributed by atoms with Crippen molar-refractivity contribution in [1.82, 2.24) is 5.43 Å². The molecule has 1 aliphatic rings. The van der Waals surface area contributed by atoms with E-state index in [1.807, 2.05) is 36.6 Å². The normalized spacial score (nSPS) is 14.0. The molecule has 0 radical (unpaired) electrons. The first-order valence-electron chi connectivity index (χ1n) is 7.35. The van der Waals surface area contributed by atoms with E-state index in [2.05, 4.69) is 10.5 Å². The van der Waals surface area contributed by atoms with Crippen molar-refractivity contribution < 1.29 is 4.79 Å². The van der Waals surface area contributed by atoms with Gasteiger partial charge in [0.05, 0.1) is 11.1 Å². The number of thiophene rings is 1. The van der Waals surface area contributed by atoms with E-state index in [0.717, 1.165) is 23.3 Å². The predicted octanol–water partition coefficient (Wildman–Crippen LogP) is 4.11. The number of carbonyl (C=O) groups is 1. The van der Waals surface area contributed by atoms with Crippen LogP contribution in [0.5, 0.6) is 0 Å². The lowest BCUT2D eigenvalue weighted by atomic mass is 9.99. The second kappa shape index (κ2) is 7.11. The number of benzene rings is 1. The summed E-state index contributed by atoms with van der Waals surface area (Å²) in [5.41, 5.74) is 4.94. The van der Waals surface area contributed by atoms with Crippen LogP contribution < -0.4 is 5.43 Å². The Kier molecular flexibility index (Phi) is 4.95. The van der Waals surface area contributed by atoms with Crippen LogP contribution >= 0.6 is 23.1 Å². The van der Waals surface area contributed by atoms with Gasteiger partial charge in [0.1, 0.15) is 0 Å². The lowest BCUT2D eigenvalue weighted by Crippen LogP contribution is -2.16. The molecule has 1 aromatic heterocycles. The average Bonchev–Trinajstić information content (AvgIpc) is 2.99. The molecule has 0 spiro atoms. The molecule has 5 heteroatoms. The van der Waals surface area contributed by atoms with Crippen molar-refractivity contribution in [3.8, 4) is 0 Å². The highest BCUT2D eigenvalue weighted by atomic mass is 32.2. The van der Waals surface area contributed by atoms with E-state index in [9.17, 15) is 4.79 Å². The summed E-state index contributed by atoms with van der Waals surface area (Å²) in [6, 6.07) is 10.1. The zero-order valence-corrected chi connectivity index (χ0v) is 14.1. The Balaban J connectivity index is 1.61. The fraction of sp³-hybridized carbons (Fsp3) is 0.294. The summed E-state index contributed by atoms with van der Waals surface area (Å²) in [6.07, 6.45) is 8.40. The molecule has 0 saturated heterocycles. The third-order valence-corrected chi connectivity index (χ3v) is 5.70. The van der Waals surface area contributed by atoms with Crippen LogP contribution in [0.25, 0.3) is 0 Å². The second-order valence-electron chi connectivity index (χ2n) is 5.24. The highest BCUT2D eigenvalue weighted by Gasteiger charge is 2.16. The zero-order valence-electron chi connectivity index (χ0n) is 12.5. The van der Waals surface area contributed by atoms with E-state index >= 15 is 0 Å². The lowest BCUT2D eigenvalue weighted by Gasteiger charge is -2.08. The van der Waals surface area contributed by atoms with Gasteiger partial charge in [-0.3, -0.25) is 4.79 Å². The van der Waals surface area contributed by atoms with Gasteiger partial charge in [-0.25, -0.2) is 5.43 Å². The van der Waals surface area contributed by atoms with Crippen LogP contribution in [0.15, 0.2) is 40.3 Å². The highest BCUT2D eigenvalue weighted by molar-refractivity contribution is 7.98. The maximum Gasteiger partial charge on any atom is 0.281 e. The molecule has 0 saturated carbocycles. The fourth-order valence-electron chi connectivity index (χ4n) is 2.51. The molecule has 1 N–H and O–H groups in total. The number of amides is 1. The van der Waals surface area contributed by atoms with Crippen molar-refractivity contribution in [1.29, 1.82) is 0 Å². The molecule has 0 fully saturated rings. The summed E-state index contributed by atoms with van der Waals surface area (Å²) in [4.78, 5) is 15.5. The van der Waals surface area contributed by atoms with Gasteiger partial charge in [0, 0.05) is 9.77 Å². The Morgan fingerprint density at radius 3 is 2.77 bits per heavy atom. The Morgan fingerprint density at radius 1 is 1.27 bits per heavy atom. The number of hydrogen-bond donors (Lipinski definition) is 1. The lowest BCUT2D eigenvalue weighted by molar-refractivity contribution is 0.0959. The number of carbonyl (C=O) groups excluding carboxylic acids is 1. The number of hydrogen-bond acceptors (Lipinski definition) is 4. The number of nitrogens with one attached hydrogen (secondary N) is 1.